The lowest BCUT2D eigenvalue weighted by Gasteiger charge is -2.20. The second-order valence-electron chi connectivity index (χ2n) is 7.91. The molecule has 0 spiro atoms. The van der Waals surface area contributed by atoms with E-state index >= 15 is 0 Å². The van der Waals surface area contributed by atoms with E-state index in [1.54, 1.807) is 6.07 Å². The van der Waals surface area contributed by atoms with Crippen LogP contribution in [-0.2, 0) is 17.6 Å². The number of aliphatic hydroxyl groups is 1. The molecule has 1 amide bonds. The number of carboxylic acids is 1. The molecule has 2 atom stereocenters. The Morgan fingerprint density at radius 2 is 1.75 bits per heavy atom. The van der Waals surface area contributed by atoms with Crippen LogP contribution in [-0.4, -0.2) is 44.4 Å². The molecular formula is C25H29N3O4. The third-order valence-corrected chi connectivity index (χ3v) is 5.33. The molecule has 0 saturated carbocycles. The Morgan fingerprint density at radius 1 is 1.06 bits per heavy atom. The number of carbonyl (C=O) groups excluding carboxylic acids is 1. The number of hydrogen-bond acceptors (Lipinski definition) is 4. The molecule has 7 heteroatoms. The number of aliphatic carboxylic acids is 1. The zero-order valence-corrected chi connectivity index (χ0v) is 18.1. The van der Waals surface area contributed by atoms with Crippen LogP contribution in [0.1, 0.15) is 47.9 Å². The van der Waals surface area contributed by atoms with Gasteiger partial charge in [-0.1, -0.05) is 67.9 Å². The van der Waals surface area contributed by atoms with Crippen molar-refractivity contribution < 1.29 is 19.8 Å². The maximum atomic E-state index is 12.7. The van der Waals surface area contributed by atoms with E-state index in [-0.39, 0.29) is 12.1 Å². The number of aromatic amines is 1. The average molecular weight is 436 g/mol. The van der Waals surface area contributed by atoms with Gasteiger partial charge in [-0.3, -0.25) is 9.89 Å². The summed E-state index contributed by atoms with van der Waals surface area (Å²) in [4.78, 5) is 23.9. The van der Waals surface area contributed by atoms with Gasteiger partial charge in [0, 0.05) is 18.2 Å². The number of hydrogen-bond donors (Lipinski definition) is 4. The van der Waals surface area contributed by atoms with E-state index in [2.05, 4.69) is 22.4 Å². The number of aryl methyl sites for hydroxylation is 1. The Balaban J connectivity index is 1.70. The van der Waals surface area contributed by atoms with Gasteiger partial charge in [-0.05, 0) is 42.0 Å². The summed E-state index contributed by atoms with van der Waals surface area (Å²) in [5.41, 5.74) is 4.23. The maximum Gasteiger partial charge on any atom is 0.332 e. The van der Waals surface area contributed by atoms with Gasteiger partial charge in [0.15, 0.2) is 6.10 Å². The van der Waals surface area contributed by atoms with Crippen LogP contribution in [0.3, 0.4) is 0 Å². The van der Waals surface area contributed by atoms with E-state index in [1.165, 1.54) is 0 Å². The number of nitrogens with zero attached hydrogens (tertiary/aromatic N) is 1. The summed E-state index contributed by atoms with van der Waals surface area (Å²) in [6.07, 6.45) is 1.57. The second kappa shape index (κ2) is 11.2. The molecule has 7 nitrogen and oxygen atoms in total. The topological polar surface area (TPSA) is 115 Å². The fraction of sp³-hybridized carbons (Fsp3) is 0.320. The van der Waals surface area contributed by atoms with Gasteiger partial charge in [0.2, 0.25) is 0 Å². The Morgan fingerprint density at radius 3 is 2.41 bits per heavy atom. The minimum absolute atomic E-state index is 0.103. The minimum Gasteiger partial charge on any atom is -0.479 e. The molecule has 32 heavy (non-hydrogen) atoms. The molecule has 0 fully saturated rings. The van der Waals surface area contributed by atoms with E-state index in [0.29, 0.717) is 6.42 Å². The lowest BCUT2D eigenvalue weighted by molar-refractivity contribution is -0.147. The van der Waals surface area contributed by atoms with Crippen molar-refractivity contribution in [3.8, 4) is 11.1 Å². The van der Waals surface area contributed by atoms with Crippen LogP contribution >= 0.6 is 0 Å². The molecule has 3 aromatic rings. The van der Waals surface area contributed by atoms with E-state index in [4.69, 9.17) is 5.11 Å². The Labute approximate surface area is 187 Å². The first-order chi connectivity index (χ1) is 15.5. The Kier molecular flexibility index (Phi) is 8.16. The molecule has 0 aliphatic rings. The lowest BCUT2D eigenvalue weighted by atomic mass is 9.97. The van der Waals surface area contributed by atoms with Crippen LogP contribution in [0.5, 0.6) is 0 Å². The van der Waals surface area contributed by atoms with Crippen molar-refractivity contribution in [2.75, 3.05) is 0 Å². The van der Waals surface area contributed by atoms with Crippen molar-refractivity contribution in [3.63, 3.8) is 0 Å². The average Bonchev–Trinajstić information content (AvgIpc) is 3.28. The van der Waals surface area contributed by atoms with Gasteiger partial charge in [0.05, 0.1) is 0 Å². The third-order valence-electron chi connectivity index (χ3n) is 5.33. The fourth-order valence-electron chi connectivity index (χ4n) is 3.54. The van der Waals surface area contributed by atoms with Gasteiger partial charge in [-0.25, -0.2) is 4.79 Å². The molecule has 168 valence electrons. The smallest absolute Gasteiger partial charge is 0.332 e. The number of H-pyrrole nitrogens is 1. The van der Waals surface area contributed by atoms with Crippen LogP contribution < -0.4 is 5.32 Å². The summed E-state index contributed by atoms with van der Waals surface area (Å²) >= 11 is 0. The highest BCUT2D eigenvalue weighted by Gasteiger charge is 2.23. The number of carbonyl (C=O) groups is 2. The van der Waals surface area contributed by atoms with Crippen LogP contribution in [0.2, 0.25) is 0 Å². The van der Waals surface area contributed by atoms with E-state index in [9.17, 15) is 14.7 Å². The SMILES string of the molecule is CCCCc1cc(C(=O)N[C@H](Cc2ccc(-c3ccccc3)cc2)C[C@@H](O)C(=O)O)n[nH]1. The molecule has 2 aromatic carbocycles. The number of aromatic nitrogens is 2. The normalized spacial score (nSPS) is 12.8. The predicted molar refractivity (Wildman–Crippen MR) is 122 cm³/mol. The molecule has 0 saturated heterocycles. The number of unbranched alkanes of at least 4 members (excludes halogenated alkanes) is 1. The zero-order valence-electron chi connectivity index (χ0n) is 18.1. The lowest BCUT2D eigenvalue weighted by Crippen LogP contribution is -2.40. The second-order valence-corrected chi connectivity index (χ2v) is 7.91. The third kappa shape index (κ3) is 6.52. The highest BCUT2D eigenvalue weighted by atomic mass is 16.4. The molecule has 0 radical (unpaired) electrons. The van der Waals surface area contributed by atoms with Gasteiger partial charge in [-0.2, -0.15) is 5.10 Å². The van der Waals surface area contributed by atoms with Crippen LogP contribution in [0, 0.1) is 0 Å². The van der Waals surface area contributed by atoms with E-state index in [0.717, 1.165) is 41.6 Å². The number of rotatable bonds is 11. The van der Waals surface area contributed by atoms with E-state index < -0.39 is 24.0 Å². The van der Waals surface area contributed by atoms with Gasteiger partial charge >= 0.3 is 5.97 Å². The van der Waals surface area contributed by atoms with Gasteiger partial charge in [0.25, 0.3) is 5.91 Å². The van der Waals surface area contributed by atoms with Crippen molar-refractivity contribution in [1.29, 1.82) is 0 Å². The summed E-state index contributed by atoms with van der Waals surface area (Å²) < 4.78 is 0. The number of nitrogens with one attached hydrogen (secondary N) is 2. The molecule has 1 aromatic heterocycles. The van der Waals surface area contributed by atoms with Crippen molar-refractivity contribution in [1.82, 2.24) is 15.5 Å². The van der Waals surface area contributed by atoms with Crippen molar-refractivity contribution in [2.45, 2.75) is 51.2 Å². The van der Waals surface area contributed by atoms with Gasteiger partial charge < -0.3 is 15.5 Å². The molecule has 0 bridgehead atoms. The summed E-state index contributed by atoms with van der Waals surface area (Å²) in [7, 11) is 0. The summed E-state index contributed by atoms with van der Waals surface area (Å²) in [6.45, 7) is 2.09. The number of benzene rings is 2. The molecule has 0 aliphatic heterocycles. The molecule has 3 rings (SSSR count). The zero-order chi connectivity index (χ0) is 22.9. The fourth-order valence-corrected chi connectivity index (χ4v) is 3.54. The van der Waals surface area contributed by atoms with Gasteiger partial charge in [-0.15, -0.1) is 0 Å². The monoisotopic (exact) mass is 435 g/mol. The van der Waals surface area contributed by atoms with Crippen molar-refractivity contribution in [3.05, 3.63) is 77.6 Å². The van der Waals surface area contributed by atoms with Crippen molar-refractivity contribution >= 4 is 11.9 Å². The molecule has 0 unspecified atom stereocenters. The largest absolute Gasteiger partial charge is 0.479 e. The minimum atomic E-state index is -1.57. The summed E-state index contributed by atoms with van der Waals surface area (Å²) in [6, 6.07) is 19.0. The van der Waals surface area contributed by atoms with Crippen LogP contribution in [0.4, 0.5) is 0 Å². The molecule has 0 aliphatic carbocycles. The maximum absolute atomic E-state index is 12.7. The first kappa shape index (κ1) is 23.2. The van der Waals surface area contributed by atoms with Crippen LogP contribution in [0.25, 0.3) is 11.1 Å². The summed E-state index contributed by atoms with van der Waals surface area (Å²) in [5, 5.41) is 28.8. The molecule has 4 N–H and O–H groups in total. The summed E-state index contributed by atoms with van der Waals surface area (Å²) in [5.74, 6) is -1.71. The molecule has 1 heterocycles. The van der Waals surface area contributed by atoms with Gasteiger partial charge in [0.1, 0.15) is 5.69 Å². The van der Waals surface area contributed by atoms with Crippen LogP contribution in [0.15, 0.2) is 60.7 Å². The number of carboxylic acid groups (broad SMARTS) is 1. The predicted octanol–water partition coefficient (Wildman–Crippen LogP) is 3.60. The first-order valence-corrected chi connectivity index (χ1v) is 10.9. The Bertz CT molecular complexity index is 1020. The number of aliphatic hydroxyl groups excluding tert-OH is 1. The number of amides is 1. The standard InChI is InChI=1S/C25H29N3O4/c1-2-3-9-20-15-22(28-27-20)24(30)26-21(16-23(29)25(31)32)14-17-10-12-19(13-11-17)18-7-5-4-6-8-18/h4-8,10-13,15,21,23,29H,2-3,9,14,16H2,1H3,(H,26,30)(H,27,28)(H,31,32)/t21-,23-/m1/s1. The first-order valence-electron chi connectivity index (χ1n) is 10.9. The Hall–Kier alpha value is -3.45. The quantitative estimate of drug-likeness (QED) is 0.367. The van der Waals surface area contributed by atoms with Crippen molar-refractivity contribution in [2.24, 2.45) is 0 Å². The highest BCUT2D eigenvalue weighted by Crippen LogP contribution is 2.20. The van der Waals surface area contributed by atoms with E-state index in [1.807, 2.05) is 54.6 Å². The molecular weight excluding hydrogens is 406 g/mol. The highest BCUT2D eigenvalue weighted by molar-refractivity contribution is 5.92.